The molecule has 1 heterocycles. The van der Waals surface area contributed by atoms with Crippen LogP contribution in [0, 0.1) is 5.92 Å². The third-order valence-corrected chi connectivity index (χ3v) is 6.37. The minimum Gasteiger partial charge on any atom is -0.371 e. The van der Waals surface area contributed by atoms with E-state index in [0.717, 1.165) is 42.7 Å². The van der Waals surface area contributed by atoms with Crippen molar-refractivity contribution in [2.45, 2.75) is 39.3 Å². The lowest BCUT2D eigenvalue weighted by atomic mass is 10.0. The fraction of sp³-hybridized carbons (Fsp3) is 0.310. The highest BCUT2D eigenvalue weighted by atomic mass is 16.2. The summed E-state index contributed by atoms with van der Waals surface area (Å²) in [6.07, 6.45) is 1.75. The predicted molar refractivity (Wildman–Crippen MR) is 138 cm³/mol. The van der Waals surface area contributed by atoms with Crippen LogP contribution in [0.25, 0.3) is 11.1 Å². The topological polar surface area (TPSA) is 61.4 Å². The first-order valence-corrected chi connectivity index (χ1v) is 12.1. The highest BCUT2D eigenvalue weighted by Gasteiger charge is 2.24. The average Bonchev–Trinajstić information content (AvgIpc) is 2.88. The van der Waals surface area contributed by atoms with Crippen LogP contribution in [0.4, 0.5) is 5.69 Å². The van der Waals surface area contributed by atoms with Gasteiger partial charge in [-0.2, -0.15) is 0 Å². The highest BCUT2D eigenvalue weighted by molar-refractivity contribution is 5.99. The lowest BCUT2D eigenvalue weighted by Crippen LogP contribution is -2.46. The number of carbonyl (C=O) groups is 2. The van der Waals surface area contributed by atoms with Gasteiger partial charge >= 0.3 is 0 Å². The first-order valence-electron chi connectivity index (χ1n) is 12.1. The summed E-state index contributed by atoms with van der Waals surface area (Å²) >= 11 is 0. The number of hydrogen-bond donors (Lipinski definition) is 2. The Morgan fingerprint density at radius 1 is 0.853 bits per heavy atom. The summed E-state index contributed by atoms with van der Waals surface area (Å²) in [5, 5.41) is 6.21. The maximum atomic E-state index is 13.1. The summed E-state index contributed by atoms with van der Waals surface area (Å²) in [6.45, 7) is 5.93. The van der Waals surface area contributed by atoms with Gasteiger partial charge < -0.3 is 15.5 Å². The zero-order chi connectivity index (χ0) is 23.9. The molecule has 1 fully saturated rings. The predicted octanol–water partition coefficient (Wildman–Crippen LogP) is 5.02. The molecule has 0 unspecified atom stereocenters. The normalized spacial score (nSPS) is 14.1. The first-order chi connectivity index (χ1) is 16.5. The van der Waals surface area contributed by atoms with Crippen molar-refractivity contribution in [2.75, 3.05) is 18.0 Å². The number of hydrogen-bond acceptors (Lipinski definition) is 3. The Morgan fingerprint density at radius 2 is 1.47 bits per heavy atom. The molecule has 176 valence electrons. The molecule has 3 aromatic rings. The van der Waals surface area contributed by atoms with Crippen molar-refractivity contribution in [2.24, 2.45) is 5.92 Å². The summed E-state index contributed by atoms with van der Waals surface area (Å²) in [5.74, 6) is 0.0324. The van der Waals surface area contributed by atoms with Gasteiger partial charge in [-0.3, -0.25) is 9.59 Å². The fourth-order valence-electron chi connectivity index (χ4n) is 4.30. The van der Waals surface area contributed by atoms with Crippen molar-refractivity contribution >= 4 is 17.5 Å². The van der Waals surface area contributed by atoms with Crippen LogP contribution in [0.1, 0.15) is 42.6 Å². The molecule has 2 amide bonds. The van der Waals surface area contributed by atoms with Gasteiger partial charge in [-0.05, 0) is 41.7 Å². The zero-order valence-electron chi connectivity index (χ0n) is 20.0. The summed E-state index contributed by atoms with van der Waals surface area (Å²) < 4.78 is 0. The number of nitrogens with one attached hydrogen (secondary N) is 2. The summed E-state index contributed by atoms with van der Waals surface area (Å²) in [7, 11) is 0. The van der Waals surface area contributed by atoms with E-state index in [4.69, 9.17) is 0 Å². The van der Waals surface area contributed by atoms with Gasteiger partial charge in [-0.25, -0.2) is 0 Å². The number of amides is 2. The number of para-hydroxylation sites is 1. The monoisotopic (exact) mass is 455 g/mol. The molecule has 2 N–H and O–H groups in total. The molecule has 3 aromatic carbocycles. The molecule has 1 saturated heterocycles. The second-order valence-corrected chi connectivity index (χ2v) is 9.19. The smallest absolute Gasteiger partial charge is 0.253 e. The van der Waals surface area contributed by atoms with E-state index in [1.165, 1.54) is 5.56 Å². The number of rotatable bonds is 7. The van der Waals surface area contributed by atoms with E-state index in [0.29, 0.717) is 12.1 Å². The zero-order valence-corrected chi connectivity index (χ0v) is 20.0. The summed E-state index contributed by atoms with van der Waals surface area (Å²) in [4.78, 5) is 27.3. The molecule has 0 radical (unpaired) electrons. The lowest BCUT2D eigenvalue weighted by Gasteiger charge is -2.35. The molecule has 1 aliphatic rings. The van der Waals surface area contributed by atoms with E-state index in [-0.39, 0.29) is 23.8 Å². The SMILES string of the molecule is CC(C)C(=O)NC1CCN(c2ccccc2C(=O)NCc2ccc(-c3ccccc3)cc2)CC1. The Morgan fingerprint density at radius 3 is 2.15 bits per heavy atom. The number of carbonyl (C=O) groups excluding carboxylic acids is 2. The summed E-state index contributed by atoms with van der Waals surface area (Å²) in [6, 6.07) is 26.5. The second-order valence-electron chi connectivity index (χ2n) is 9.19. The van der Waals surface area contributed by atoms with E-state index in [1.807, 2.05) is 56.3 Å². The van der Waals surface area contributed by atoms with E-state index in [9.17, 15) is 9.59 Å². The van der Waals surface area contributed by atoms with Crippen LogP contribution in [-0.2, 0) is 11.3 Å². The van der Waals surface area contributed by atoms with Gasteiger partial charge in [-0.15, -0.1) is 0 Å². The van der Waals surface area contributed by atoms with E-state index >= 15 is 0 Å². The van der Waals surface area contributed by atoms with Crippen molar-refractivity contribution in [1.82, 2.24) is 10.6 Å². The molecule has 5 heteroatoms. The molecule has 0 bridgehead atoms. The van der Waals surface area contributed by atoms with Gasteiger partial charge in [-0.1, -0.05) is 80.6 Å². The van der Waals surface area contributed by atoms with Crippen molar-refractivity contribution in [3.8, 4) is 11.1 Å². The fourth-order valence-corrected chi connectivity index (χ4v) is 4.30. The molecule has 0 saturated carbocycles. The van der Waals surface area contributed by atoms with Crippen molar-refractivity contribution in [3.63, 3.8) is 0 Å². The number of piperidine rings is 1. The minimum atomic E-state index is -0.0713. The quantitative estimate of drug-likeness (QED) is 0.526. The van der Waals surface area contributed by atoms with Gasteiger partial charge in [0.2, 0.25) is 5.91 Å². The van der Waals surface area contributed by atoms with E-state index in [2.05, 4.69) is 51.9 Å². The minimum absolute atomic E-state index is 0.00278. The molecule has 5 nitrogen and oxygen atoms in total. The van der Waals surface area contributed by atoms with Crippen LogP contribution in [0.2, 0.25) is 0 Å². The summed E-state index contributed by atoms with van der Waals surface area (Å²) in [5.41, 5.74) is 5.04. The van der Waals surface area contributed by atoms with Gasteiger partial charge in [0.15, 0.2) is 0 Å². The Balaban J connectivity index is 1.35. The van der Waals surface area contributed by atoms with Crippen LogP contribution in [0.15, 0.2) is 78.9 Å². The van der Waals surface area contributed by atoms with E-state index in [1.54, 1.807) is 0 Å². The second kappa shape index (κ2) is 11.0. The van der Waals surface area contributed by atoms with Gasteiger partial charge in [0.1, 0.15) is 0 Å². The van der Waals surface area contributed by atoms with Crippen molar-refractivity contribution < 1.29 is 9.59 Å². The molecule has 34 heavy (non-hydrogen) atoms. The highest BCUT2D eigenvalue weighted by Crippen LogP contribution is 2.25. The van der Waals surface area contributed by atoms with Crippen molar-refractivity contribution in [3.05, 3.63) is 90.0 Å². The van der Waals surface area contributed by atoms with Crippen LogP contribution in [-0.4, -0.2) is 30.9 Å². The molecule has 4 rings (SSSR count). The first kappa shape index (κ1) is 23.6. The molecule has 1 aliphatic heterocycles. The van der Waals surface area contributed by atoms with Gasteiger partial charge in [0.25, 0.3) is 5.91 Å². The Hall–Kier alpha value is -3.60. The largest absolute Gasteiger partial charge is 0.371 e. The molecule has 0 aromatic heterocycles. The third kappa shape index (κ3) is 5.84. The van der Waals surface area contributed by atoms with Crippen LogP contribution < -0.4 is 15.5 Å². The standard InChI is InChI=1S/C29H33N3O2/c1-21(2)28(33)31-25-16-18-32(19-17-25)27-11-7-6-10-26(27)29(34)30-20-22-12-14-24(15-13-22)23-8-4-3-5-9-23/h3-15,21,25H,16-20H2,1-2H3,(H,30,34)(H,31,33). The Labute approximate surface area is 202 Å². The lowest BCUT2D eigenvalue weighted by molar-refractivity contribution is -0.124. The number of anilines is 1. The van der Waals surface area contributed by atoms with Crippen LogP contribution in [0.5, 0.6) is 0 Å². The Bertz CT molecular complexity index is 1100. The van der Waals surface area contributed by atoms with Gasteiger partial charge in [0, 0.05) is 37.3 Å². The van der Waals surface area contributed by atoms with Crippen molar-refractivity contribution in [1.29, 1.82) is 0 Å². The molecular weight excluding hydrogens is 422 g/mol. The molecule has 0 atom stereocenters. The molecule has 0 aliphatic carbocycles. The number of benzene rings is 3. The molecule has 0 spiro atoms. The maximum absolute atomic E-state index is 13.1. The molecular formula is C29H33N3O2. The van der Waals surface area contributed by atoms with E-state index < -0.39 is 0 Å². The third-order valence-electron chi connectivity index (χ3n) is 6.37. The van der Waals surface area contributed by atoms with Crippen LogP contribution in [0.3, 0.4) is 0 Å². The average molecular weight is 456 g/mol. The van der Waals surface area contributed by atoms with Crippen LogP contribution >= 0.6 is 0 Å². The maximum Gasteiger partial charge on any atom is 0.253 e. The Kier molecular flexibility index (Phi) is 7.63. The van der Waals surface area contributed by atoms with Gasteiger partial charge in [0.05, 0.1) is 5.56 Å². The number of nitrogens with zero attached hydrogens (tertiary/aromatic N) is 1.